The van der Waals surface area contributed by atoms with Crippen LogP contribution in [0.4, 0.5) is 4.39 Å². The Hall–Kier alpha value is -1.70. The van der Waals surface area contributed by atoms with E-state index < -0.39 is 0 Å². The van der Waals surface area contributed by atoms with Crippen molar-refractivity contribution < 1.29 is 9.18 Å². The quantitative estimate of drug-likeness (QED) is 0.718. The van der Waals surface area contributed by atoms with Gasteiger partial charge in [-0.25, -0.2) is 4.39 Å². The smallest absolute Gasteiger partial charge is 0.185 e. The highest BCUT2D eigenvalue weighted by Crippen LogP contribution is 2.30. The average molecular weight is 258 g/mol. The van der Waals surface area contributed by atoms with Crippen molar-refractivity contribution in [3.8, 4) is 0 Å². The highest BCUT2D eigenvalue weighted by molar-refractivity contribution is 6.12. The van der Waals surface area contributed by atoms with Crippen molar-refractivity contribution in [1.82, 2.24) is 0 Å². The van der Waals surface area contributed by atoms with Gasteiger partial charge in [-0.1, -0.05) is 39.0 Å². The second-order valence-electron chi connectivity index (χ2n) is 5.43. The van der Waals surface area contributed by atoms with E-state index in [1.165, 1.54) is 12.1 Å². The zero-order valence-electron chi connectivity index (χ0n) is 11.6. The standard InChI is InChI=1S/C17H19FO/c1-11(2)15-9-4-12(3)16(17(15)19)10-13-5-7-14(18)8-6-13/h5-12H,4H2,1-3H3/b16-10-/t12-/m0/s1. The number of ketones is 1. The zero-order valence-corrected chi connectivity index (χ0v) is 11.6. The maximum Gasteiger partial charge on any atom is 0.185 e. The lowest BCUT2D eigenvalue weighted by Crippen LogP contribution is -2.20. The molecule has 0 spiro atoms. The van der Waals surface area contributed by atoms with Gasteiger partial charge in [0.15, 0.2) is 5.78 Å². The van der Waals surface area contributed by atoms with E-state index >= 15 is 0 Å². The second kappa shape index (κ2) is 5.52. The van der Waals surface area contributed by atoms with Gasteiger partial charge in [0.05, 0.1) is 0 Å². The van der Waals surface area contributed by atoms with Gasteiger partial charge in [-0.05, 0) is 47.6 Å². The largest absolute Gasteiger partial charge is 0.289 e. The Labute approximate surface area is 113 Å². The maximum atomic E-state index is 12.9. The lowest BCUT2D eigenvalue weighted by Gasteiger charge is -2.23. The molecule has 2 rings (SSSR count). The summed E-state index contributed by atoms with van der Waals surface area (Å²) in [6, 6.07) is 6.25. The van der Waals surface area contributed by atoms with Crippen LogP contribution in [-0.4, -0.2) is 5.78 Å². The van der Waals surface area contributed by atoms with Crippen LogP contribution in [0.1, 0.15) is 32.8 Å². The molecule has 1 aromatic carbocycles. The van der Waals surface area contributed by atoms with Crippen LogP contribution in [-0.2, 0) is 4.79 Å². The van der Waals surface area contributed by atoms with Crippen molar-refractivity contribution in [1.29, 1.82) is 0 Å². The fourth-order valence-electron chi connectivity index (χ4n) is 2.36. The lowest BCUT2D eigenvalue weighted by atomic mass is 9.80. The third kappa shape index (κ3) is 3.01. The number of allylic oxidation sites excluding steroid dienone is 3. The second-order valence-corrected chi connectivity index (χ2v) is 5.43. The molecular weight excluding hydrogens is 239 g/mol. The molecule has 2 heteroatoms. The van der Waals surface area contributed by atoms with Gasteiger partial charge >= 0.3 is 0 Å². The molecule has 1 atom stereocenters. The number of carbonyl (C=O) groups is 1. The molecule has 1 nitrogen and oxygen atoms in total. The van der Waals surface area contributed by atoms with Crippen molar-refractivity contribution in [3.05, 3.63) is 52.9 Å². The van der Waals surface area contributed by atoms with Crippen LogP contribution in [0.15, 0.2) is 41.5 Å². The minimum atomic E-state index is -0.257. The molecule has 1 aliphatic carbocycles. The predicted molar refractivity (Wildman–Crippen MR) is 76.1 cm³/mol. The Morgan fingerprint density at radius 1 is 1.26 bits per heavy atom. The number of halogens is 1. The van der Waals surface area contributed by atoms with Crippen LogP contribution in [0.2, 0.25) is 0 Å². The van der Waals surface area contributed by atoms with Crippen LogP contribution < -0.4 is 0 Å². The Bertz CT molecular complexity index is 535. The molecule has 100 valence electrons. The number of carbonyl (C=O) groups excluding carboxylic acids is 1. The topological polar surface area (TPSA) is 17.1 Å². The minimum Gasteiger partial charge on any atom is -0.289 e. The molecule has 0 bridgehead atoms. The molecule has 0 saturated heterocycles. The summed E-state index contributed by atoms with van der Waals surface area (Å²) < 4.78 is 12.9. The van der Waals surface area contributed by atoms with Crippen molar-refractivity contribution in [2.75, 3.05) is 0 Å². The van der Waals surface area contributed by atoms with E-state index in [2.05, 4.69) is 13.0 Å². The van der Waals surface area contributed by atoms with E-state index in [1.807, 2.05) is 19.9 Å². The van der Waals surface area contributed by atoms with Gasteiger partial charge < -0.3 is 0 Å². The molecule has 0 unspecified atom stereocenters. The van der Waals surface area contributed by atoms with Gasteiger partial charge in [0.2, 0.25) is 0 Å². The summed E-state index contributed by atoms with van der Waals surface area (Å²) in [6.07, 6.45) is 4.84. The third-order valence-corrected chi connectivity index (χ3v) is 3.56. The number of hydrogen-bond acceptors (Lipinski definition) is 1. The molecule has 0 aromatic heterocycles. The van der Waals surface area contributed by atoms with E-state index in [4.69, 9.17) is 0 Å². The van der Waals surface area contributed by atoms with Gasteiger partial charge in [-0.15, -0.1) is 0 Å². The highest BCUT2D eigenvalue weighted by atomic mass is 19.1. The molecule has 0 fully saturated rings. The van der Waals surface area contributed by atoms with Gasteiger partial charge in [0.25, 0.3) is 0 Å². The molecule has 0 saturated carbocycles. The number of hydrogen-bond donors (Lipinski definition) is 0. The first kappa shape index (κ1) is 13.7. The highest BCUT2D eigenvalue weighted by Gasteiger charge is 2.26. The summed E-state index contributed by atoms with van der Waals surface area (Å²) in [6.45, 7) is 6.13. The average Bonchev–Trinajstić information content (AvgIpc) is 2.36. The third-order valence-electron chi connectivity index (χ3n) is 3.56. The molecule has 0 aliphatic heterocycles. The number of Topliss-reactive ketones (excluding diaryl/α,β-unsaturated/α-hetero) is 1. The first-order valence-corrected chi connectivity index (χ1v) is 6.71. The summed E-state index contributed by atoms with van der Waals surface area (Å²) in [5.41, 5.74) is 2.60. The summed E-state index contributed by atoms with van der Waals surface area (Å²) in [7, 11) is 0. The molecule has 1 aliphatic rings. The van der Waals surface area contributed by atoms with E-state index in [1.54, 1.807) is 12.1 Å². The Balaban J connectivity index is 2.35. The predicted octanol–water partition coefficient (Wildman–Crippen LogP) is 4.40. The maximum absolute atomic E-state index is 12.9. The zero-order chi connectivity index (χ0) is 14.0. The molecule has 0 radical (unpaired) electrons. The SMILES string of the molecule is CC(C)C1=CC[C@H](C)/C(=C/c2ccc(F)cc2)C1=O. The normalized spacial score (nSPS) is 21.9. The molecule has 19 heavy (non-hydrogen) atoms. The van der Waals surface area contributed by atoms with Gasteiger partial charge in [-0.2, -0.15) is 0 Å². The summed E-state index contributed by atoms with van der Waals surface area (Å²) in [5.74, 6) is 0.350. The van der Waals surface area contributed by atoms with Crippen molar-refractivity contribution in [2.24, 2.45) is 11.8 Å². The molecule has 0 heterocycles. The van der Waals surface area contributed by atoms with Crippen molar-refractivity contribution in [3.63, 3.8) is 0 Å². The Kier molecular flexibility index (Phi) is 3.98. The summed E-state index contributed by atoms with van der Waals surface area (Å²) in [5, 5.41) is 0. The molecule has 1 aromatic rings. The Morgan fingerprint density at radius 2 is 1.89 bits per heavy atom. The van der Waals surface area contributed by atoms with Gasteiger partial charge in [0.1, 0.15) is 5.82 Å². The van der Waals surface area contributed by atoms with E-state index in [-0.39, 0.29) is 23.4 Å². The van der Waals surface area contributed by atoms with E-state index in [0.717, 1.165) is 23.1 Å². The molecular formula is C17H19FO. The monoisotopic (exact) mass is 258 g/mol. The van der Waals surface area contributed by atoms with Crippen LogP contribution in [0.3, 0.4) is 0 Å². The summed E-state index contributed by atoms with van der Waals surface area (Å²) >= 11 is 0. The first-order valence-electron chi connectivity index (χ1n) is 6.71. The van der Waals surface area contributed by atoms with Crippen LogP contribution in [0, 0.1) is 17.7 Å². The number of rotatable bonds is 2. The van der Waals surface area contributed by atoms with Crippen molar-refractivity contribution >= 4 is 11.9 Å². The van der Waals surface area contributed by atoms with Gasteiger partial charge in [-0.3, -0.25) is 4.79 Å². The van der Waals surface area contributed by atoms with E-state index in [0.29, 0.717) is 0 Å². The fraction of sp³-hybridized carbons (Fsp3) is 0.353. The number of benzene rings is 1. The first-order chi connectivity index (χ1) is 8.99. The van der Waals surface area contributed by atoms with Crippen molar-refractivity contribution in [2.45, 2.75) is 27.2 Å². The molecule has 0 N–H and O–H groups in total. The fourth-order valence-corrected chi connectivity index (χ4v) is 2.36. The summed E-state index contributed by atoms with van der Waals surface area (Å²) in [4.78, 5) is 12.4. The Morgan fingerprint density at radius 3 is 2.47 bits per heavy atom. The molecule has 0 amide bonds. The van der Waals surface area contributed by atoms with Gasteiger partial charge in [0, 0.05) is 5.57 Å². The van der Waals surface area contributed by atoms with Crippen LogP contribution in [0.25, 0.3) is 6.08 Å². The van der Waals surface area contributed by atoms with E-state index in [9.17, 15) is 9.18 Å². The van der Waals surface area contributed by atoms with Crippen LogP contribution >= 0.6 is 0 Å². The van der Waals surface area contributed by atoms with Crippen LogP contribution in [0.5, 0.6) is 0 Å². The minimum absolute atomic E-state index is 0.137. The lowest BCUT2D eigenvalue weighted by molar-refractivity contribution is -0.113.